The van der Waals surface area contributed by atoms with Gasteiger partial charge in [0.25, 0.3) is 0 Å². The van der Waals surface area contributed by atoms with Crippen LogP contribution >= 0.6 is 0 Å². The number of benzene rings is 1. The monoisotopic (exact) mass is 412 g/mol. The van der Waals surface area contributed by atoms with E-state index < -0.39 is 42.0 Å². The quantitative estimate of drug-likeness (QED) is 0.591. The Hall–Kier alpha value is -3.11. The van der Waals surface area contributed by atoms with Crippen molar-refractivity contribution in [3.8, 4) is 0 Å². The van der Waals surface area contributed by atoms with E-state index in [1.807, 2.05) is 4.90 Å². The van der Waals surface area contributed by atoms with Gasteiger partial charge in [-0.2, -0.15) is 13.2 Å². The first kappa shape index (κ1) is 20.6. The second-order valence-electron chi connectivity index (χ2n) is 6.70. The van der Waals surface area contributed by atoms with Crippen molar-refractivity contribution in [1.82, 2.24) is 9.80 Å². The van der Waals surface area contributed by atoms with Gasteiger partial charge in [0.2, 0.25) is 5.91 Å². The second kappa shape index (κ2) is 7.72. The van der Waals surface area contributed by atoms with Crippen LogP contribution in [0.2, 0.25) is 0 Å². The molecule has 2 aliphatic heterocycles. The summed E-state index contributed by atoms with van der Waals surface area (Å²) in [5.74, 6) is -3.06. The molecule has 1 aromatic rings. The summed E-state index contributed by atoms with van der Waals surface area (Å²) in [5, 5.41) is 2.36. The molecular weight excluding hydrogens is 393 g/mol. The SMILES string of the molecule is CCN1C(=O)C(=O)N(CC(=O)Nc2cc(C(F)(F)F)ccc2N2CCCC2)C1=O. The van der Waals surface area contributed by atoms with E-state index in [2.05, 4.69) is 5.32 Å². The van der Waals surface area contributed by atoms with Crippen LogP contribution in [-0.2, 0) is 20.6 Å². The van der Waals surface area contributed by atoms with Gasteiger partial charge in [-0.1, -0.05) is 0 Å². The third-order valence-corrected chi connectivity index (χ3v) is 4.80. The number of likely N-dealkylation sites (N-methyl/N-ethyl adjacent to an activating group) is 1. The van der Waals surface area contributed by atoms with E-state index in [1.54, 1.807) is 0 Å². The smallest absolute Gasteiger partial charge is 0.370 e. The molecule has 3 rings (SSSR count). The average molecular weight is 412 g/mol. The van der Waals surface area contributed by atoms with Crippen LogP contribution in [0.3, 0.4) is 0 Å². The van der Waals surface area contributed by atoms with E-state index in [9.17, 15) is 32.3 Å². The highest BCUT2D eigenvalue weighted by Gasteiger charge is 2.44. The molecule has 5 amide bonds. The molecule has 0 bridgehead atoms. The molecule has 1 N–H and O–H groups in total. The van der Waals surface area contributed by atoms with Crippen molar-refractivity contribution >= 4 is 35.1 Å². The third kappa shape index (κ3) is 4.03. The third-order valence-electron chi connectivity index (χ3n) is 4.80. The molecule has 0 saturated carbocycles. The number of carbonyl (C=O) groups is 4. The number of rotatable bonds is 5. The number of alkyl halides is 3. The lowest BCUT2D eigenvalue weighted by Gasteiger charge is -2.23. The van der Waals surface area contributed by atoms with Crippen LogP contribution in [0.15, 0.2) is 18.2 Å². The van der Waals surface area contributed by atoms with Gasteiger partial charge in [0.15, 0.2) is 0 Å². The van der Waals surface area contributed by atoms with E-state index in [0.717, 1.165) is 25.0 Å². The number of hydrogen-bond acceptors (Lipinski definition) is 5. The number of nitrogens with one attached hydrogen (secondary N) is 1. The van der Waals surface area contributed by atoms with Crippen LogP contribution in [0.25, 0.3) is 0 Å². The summed E-state index contributed by atoms with van der Waals surface area (Å²) in [4.78, 5) is 51.1. The summed E-state index contributed by atoms with van der Waals surface area (Å²) in [6, 6.07) is 2.12. The summed E-state index contributed by atoms with van der Waals surface area (Å²) < 4.78 is 39.3. The standard InChI is InChI=1S/C18H19F3N4O4/c1-2-24-15(27)16(28)25(17(24)29)10-14(26)22-12-9-11(18(19,20)21)5-6-13(12)23-7-3-4-8-23/h5-6,9H,2-4,7-8,10H2,1H3,(H,22,26). The van der Waals surface area contributed by atoms with Crippen LogP contribution in [-0.4, -0.2) is 59.7 Å². The number of carbonyl (C=O) groups excluding carboxylic acids is 4. The number of nitrogens with zero attached hydrogens (tertiary/aromatic N) is 3. The Morgan fingerprint density at radius 1 is 1.07 bits per heavy atom. The molecule has 11 heteroatoms. The van der Waals surface area contributed by atoms with Gasteiger partial charge in [0.1, 0.15) is 6.54 Å². The number of anilines is 2. The summed E-state index contributed by atoms with van der Waals surface area (Å²) in [5.41, 5.74) is -0.574. The second-order valence-corrected chi connectivity index (χ2v) is 6.70. The van der Waals surface area contributed by atoms with Crippen molar-refractivity contribution in [2.45, 2.75) is 25.9 Å². The summed E-state index contributed by atoms with van der Waals surface area (Å²) in [6.45, 7) is 1.97. The molecule has 29 heavy (non-hydrogen) atoms. The maximum absolute atomic E-state index is 13.1. The highest BCUT2D eigenvalue weighted by atomic mass is 19.4. The minimum Gasteiger partial charge on any atom is -0.370 e. The molecule has 0 unspecified atom stereocenters. The number of urea groups is 1. The fraction of sp³-hybridized carbons (Fsp3) is 0.444. The lowest BCUT2D eigenvalue weighted by molar-refractivity contribution is -0.143. The van der Waals surface area contributed by atoms with Gasteiger partial charge in [-0.3, -0.25) is 19.3 Å². The van der Waals surface area contributed by atoms with Gasteiger partial charge < -0.3 is 10.2 Å². The van der Waals surface area contributed by atoms with Crippen LogP contribution < -0.4 is 10.2 Å². The number of hydrogen-bond donors (Lipinski definition) is 1. The van der Waals surface area contributed by atoms with Gasteiger partial charge in [-0.25, -0.2) is 9.69 Å². The minimum absolute atomic E-state index is 0.0335. The minimum atomic E-state index is -4.60. The predicted molar refractivity (Wildman–Crippen MR) is 96.0 cm³/mol. The van der Waals surface area contributed by atoms with Gasteiger partial charge in [0.05, 0.1) is 16.9 Å². The first-order valence-electron chi connectivity index (χ1n) is 9.07. The van der Waals surface area contributed by atoms with Gasteiger partial charge >= 0.3 is 24.0 Å². The van der Waals surface area contributed by atoms with Crippen molar-refractivity contribution in [3.63, 3.8) is 0 Å². The largest absolute Gasteiger partial charge is 0.416 e. The van der Waals surface area contributed by atoms with Gasteiger partial charge in [-0.15, -0.1) is 0 Å². The molecule has 0 aromatic heterocycles. The zero-order valence-corrected chi connectivity index (χ0v) is 15.6. The summed E-state index contributed by atoms with van der Waals surface area (Å²) in [7, 11) is 0. The van der Waals surface area contributed by atoms with E-state index in [0.29, 0.717) is 28.6 Å². The molecule has 2 fully saturated rings. The molecule has 0 spiro atoms. The molecule has 0 radical (unpaired) electrons. The zero-order chi connectivity index (χ0) is 21.3. The van der Waals surface area contributed by atoms with Crippen LogP contribution in [0.1, 0.15) is 25.3 Å². The highest BCUT2D eigenvalue weighted by Crippen LogP contribution is 2.36. The molecular formula is C18H19F3N4O4. The van der Waals surface area contributed by atoms with Gasteiger partial charge in [-0.05, 0) is 38.0 Å². The Morgan fingerprint density at radius 2 is 1.69 bits per heavy atom. The number of halogens is 3. The molecule has 2 heterocycles. The topological polar surface area (TPSA) is 90.0 Å². The molecule has 0 atom stereocenters. The maximum Gasteiger partial charge on any atom is 0.416 e. The fourth-order valence-electron chi connectivity index (χ4n) is 3.35. The summed E-state index contributed by atoms with van der Waals surface area (Å²) >= 11 is 0. The normalized spacial score (nSPS) is 17.5. The Balaban J connectivity index is 1.82. The molecule has 2 aliphatic rings. The number of amides is 5. The first-order chi connectivity index (χ1) is 13.6. The van der Waals surface area contributed by atoms with E-state index in [4.69, 9.17) is 0 Å². The molecule has 2 saturated heterocycles. The van der Waals surface area contributed by atoms with Crippen molar-refractivity contribution in [2.75, 3.05) is 36.4 Å². The lowest BCUT2D eigenvalue weighted by atomic mass is 10.1. The van der Waals surface area contributed by atoms with E-state index >= 15 is 0 Å². The Kier molecular flexibility index (Phi) is 5.49. The van der Waals surface area contributed by atoms with Crippen LogP contribution in [0.5, 0.6) is 0 Å². The molecule has 156 valence electrons. The van der Waals surface area contributed by atoms with Crippen molar-refractivity contribution in [3.05, 3.63) is 23.8 Å². The Labute approximate surface area is 164 Å². The first-order valence-corrected chi connectivity index (χ1v) is 9.07. The molecule has 0 aliphatic carbocycles. The number of imide groups is 2. The lowest BCUT2D eigenvalue weighted by Crippen LogP contribution is -2.39. The molecule has 8 nitrogen and oxygen atoms in total. The Bertz CT molecular complexity index is 865. The highest BCUT2D eigenvalue weighted by molar-refractivity contribution is 6.45. The van der Waals surface area contributed by atoms with Crippen LogP contribution in [0, 0.1) is 0 Å². The fourth-order valence-corrected chi connectivity index (χ4v) is 3.35. The average Bonchev–Trinajstić information content (AvgIpc) is 3.25. The van der Waals surface area contributed by atoms with E-state index in [1.165, 1.54) is 13.0 Å². The summed E-state index contributed by atoms with van der Waals surface area (Å²) in [6.07, 6.45) is -2.85. The van der Waals surface area contributed by atoms with Crippen molar-refractivity contribution in [1.29, 1.82) is 0 Å². The van der Waals surface area contributed by atoms with Gasteiger partial charge in [0, 0.05) is 19.6 Å². The van der Waals surface area contributed by atoms with Crippen molar-refractivity contribution in [2.24, 2.45) is 0 Å². The van der Waals surface area contributed by atoms with E-state index in [-0.39, 0.29) is 12.2 Å². The zero-order valence-electron chi connectivity index (χ0n) is 15.6. The van der Waals surface area contributed by atoms with Crippen LogP contribution in [0.4, 0.5) is 29.3 Å². The molecule has 1 aromatic carbocycles. The predicted octanol–water partition coefficient (Wildman–Crippen LogP) is 2.05. The maximum atomic E-state index is 13.1. The van der Waals surface area contributed by atoms with Crippen molar-refractivity contribution < 1.29 is 32.3 Å². The Morgan fingerprint density at radius 3 is 2.24 bits per heavy atom.